The van der Waals surface area contributed by atoms with Gasteiger partial charge in [-0.2, -0.15) is 0 Å². The zero-order chi connectivity index (χ0) is 16.9. The number of rotatable bonds is 7. The van der Waals surface area contributed by atoms with Crippen LogP contribution in [0.4, 0.5) is 0 Å². The van der Waals surface area contributed by atoms with E-state index in [0.717, 1.165) is 5.56 Å². The molecule has 1 atom stereocenters. The van der Waals surface area contributed by atoms with Gasteiger partial charge in [-0.1, -0.05) is 41.9 Å². The fourth-order valence-electron chi connectivity index (χ4n) is 1.51. The molecule has 0 aliphatic rings. The molecule has 3 N–H and O–H groups in total. The second-order valence-corrected chi connectivity index (χ2v) is 5.00. The zero-order valence-electron chi connectivity index (χ0n) is 12.6. The van der Waals surface area contributed by atoms with Crippen LogP contribution in [-0.2, 0) is 11.3 Å². The molecule has 23 heavy (non-hydrogen) atoms. The Kier molecular flexibility index (Phi) is 10.0. The minimum Gasteiger partial charge on any atom is -0.491 e. The summed E-state index contributed by atoms with van der Waals surface area (Å²) in [6, 6.07) is 16.5. The highest BCUT2D eigenvalue weighted by Gasteiger charge is 2.02. The van der Waals surface area contributed by atoms with Crippen molar-refractivity contribution in [3.05, 3.63) is 65.2 Å². The number of hydrogen-bond acceptors (Lipinski definition) is 5. The molecule has 0 aliphatic heterocycles. The van der Waals surface area contributed by atoms with E-state index in [2.05, 4.69) is 0 Å². The van der Waals surface area contributed by atoms with Crippen molar-refractivity contribution in [3.8, 4) is 5.75 Å². The Hall–Kier alpha value is -1.63. The Labute approximate surface area is 140 Å². The van der Waals surface area contributed by atoms with E-state index in [4.69, 9.17) is 36.4 Å². The smallest absolute Gasteiger partial charge is 0.144 e. The van der Waals surface area contributed by atoms with Gasteiger partial charge < -0.3 is 24.8 Å². The Morgan fingerprint density at radius 1 is 0.957 bits per heavy atom. The maximum atomic E-state index is 8.97. The molecule has 6 heteroatoms. The summed E-state index contributed by atoms with van der Waals surface area (Å²) in [7, 11) is 0. The molecule has 0 aliphatic carbocycles. The van der Waals surface area contributed by atoms with Gasteiger partial charge in [-0.15, -0.1) is 0 Å². The molecule has 0 saturated heterocycles. The van der Waals surface area contributed by atoms with Crippen LogP contribution in [0.1, 0.15) is 5.56 Å². The minimum atomic E-state index is -0.837. The fourth-order valence-corrected chi connectivity index (χ4v) is 1.64. The summed E-state index contributed by atoms with van der Waals surface area (Å²) < 4.78 is 9.92. The van der Waals surface area contributed by atoms with E-state index < -0.39 is 6.10 Å². The van der Waals surface area contributed by atoms with Crippen molar-refractivity contribution in [1.29, 1.82) is 0 Å². The van der Waals surface area contributed by atoms with Crippen LogP contribution in [0.2, 0.25) is 5.02 Å². The largest absolute Gasteiger partial charge is 0.491 e. The van der Waals surface area contributed by atoms with Crippen LogP contribution >= 0.6 is 11.6 Å². The van der Waals surface area contributed by atoms with E-state index in [0.29, 0.717) is 17.4 Å². The number of aliphatic hydroxyl groups excluding tert-OH is 3. The maximum absolute atomic E-state index is 8.97. The van der Waals surface area contributed by atoms with Crippen molar-refractivity contribution >= 4 is 11.6 Å². The number of hydrogen-bond donors (Lipinski definition) is 3. The monoisotopic (exact) mass is 340 g/mol. The molecule has 2 aromatic rings. The Bertz CT molecular complexity index is 518. The summed E-state index contributed by atoms with van der Waals surface area (Å²) in [4.78, 5) is 0. The Balaban J connectivity index is 0.000000238. The third-order valence-electron chi connectivity index (χ3n) is 2.67. The molecule has 5 nitrogen and oxygen atoms in total. The molecule has 2 rings (SSSR count). The molecule has 126 valence electrons. The molecule has 0 fully saturated rings. The minimum absolute atomic E-state index is 0.0815. The molecule has 0 spiro atoms. The van der Waals surface area contributed by atoms with Gasteiger partial charge in [-0.3, -0.25) is 0 Å². The SMILES string of the molecule is OCOCc1ccccc1.OC[C@@H](O)COc1ccc(Cl)cc1. The lowest BCUT2D eigenvalue weighted by molar-refractivity contribution is -0.0112. The van der Waals surface area contributed by atoms with Crippen LogP contribution in [-0.4, -0.2) is 41.4 Å². The van der Waals surface area contributed by atoms with Crippen LogP contribution in [0.25, 0.3) is 0 Å². The standard InChI is InChI=1S/C9H11ClO3.C8H10O2/c10-7-1-3-9(4-2-7)13-6-8(12)5-11;9-7-10-6-8-4-2-1-3-5-8/h1-4,8,11-12H,5-6H2;1-5,9H,6-7H2/t8-;/m1./s1. The van der Waals surface area contributed by atoms with Gasteiger partial charge in [-0.05, 0) is 29.8 Å². The first-order valence-electron chi connectivity index (χ1n) is 7.05. The van der Waals surface area contributed by atoms with Gasteiger partial charge in [0.2, 0.25) is 0 Å². The van der Waals surface area contributed by atoms with Gasteiger partial charge in [0.25, 0.3) is 0 Å². The predicted molar refractivity (Wildman–Crippen MR) is 88.4 cm³/mol. The van der Waals surface area contributed by atoms with Crippen LogP contribution in [0, 0.1) is 0 Å². The predicted octanol–water partition coefficient (Wildman–Crippen LogP) is 2.22. The lowest BCUT2D eigenvalue weighted by Gasteiger charge is -2.09. The molecular weight excluding hydrogens is 320 g/mol. The lowest BCUT2D eigenvalue weighted by atomic mass is 10.2. The third kappa shape index (κ3) is 9.18. The summed E-state index contributed by atoms with van der Waals surface area (Å²) in [6.07, 6.45) is -0.837. The molecule has 0 aromatic heterocycles. The molecule has 0 radical (unpaired) electrons. The number of benzene rings is 2. The third-order valence-corrected chi connectivity index (χ3v) is 2.92. The number of halogens is 1. The first-order chi connectivity index (χ1) is 11.2. The van der Waals surface area contributed by atoms with Gasteiger partial charge in [-0.25, -0.2) is 0 Å². The average Bonchev–Trinajstić information content (AvgIpc) is 2.60. The van der Waals surface area contributed by atoms with Crippen molar-refractivity contribution in [2.24, 2.45) is 0 Å². The molecular formula is C17H21ClO5. The molecule has 0 unspecified atom stereocenters. The summed E-state index contributed by atoms with van der Waals surface area (Å²) in [5.41, 5.74) is 1.08. The van der Waals surface area contributed by atoms with Gasteiger partial charge >= 0.3 is 0 Å². The van der Waals surface area contributed by atoms with Crippen molar-refractivity contribution < 1.29 is 24.8 Å². The van der Waals surface area contributed by atoms with E-state index in [1.807, 2.05) is 30.3 Å². The van der Waals surface area contributed by atoms with E-state index in [9.17, 15) is 0 Å². The molecule has 0 heterocycles. The van der Waals surface area contributed by atoms with Crippen molar-refractivity contribution in [2.45, 2.75) is 12.7 Å². The first-order valence-corrected chi connectivity index (χ1v) is 7.43. The topological polar surface area (TPSA) is 79.2 Å². The van der Waals surface area contributed by atoms with E-state index in [1.54, 1.807) is 24.3 Å². The van der Waals surface area contributed by atoms with Crippen LogP contribution in [0.3, 0.4) is 0 Å². The first kappa shape index (κ1) is 19.4. The second kappa shape index (κ2) is 11.9. The van der Waals surface area contributed by atoms with Crippen molar-refractivity contribution in [1.82, 2.24) is 0 Å². The quantitative estimate of drug-likeness (QED) is 0.674. The molecule has 0 amide bonds. The zero-order valence-corrected chi connectivity index (χ0v) is 13.4. The van der Waals surface area contributed by atoms with Crippen LogP contribution in [0.15, 0.2) is 54.6 Å². The Morgan fingerprint density at radius 3 is 2.17 bits per heavy atom. The summed E-state index contributed by atoms with van der Waals surface area (Å²) >= 11 is 5.66. The highest BCUT2D eigenvalue weighted by atomic mass is 35.5. The second-order valence-electron chi connectivity index (χ2n) is 4.56. The normalized spacial score (nSPS) is 11.3. The highest BCUT2D eigenvalue weighted by molar-refractivity contribution is 6.30. The van der Waals surface area contributed by atoms with Gasteiger partial charge in [0.05, 0.1) is 13.2 Å². The van der Waals surface area contributed by atoms with Gasteiger partial charge in [0.15, 0.2) is 0 Å². The van der Waals surface area contributed by atoms with E-state index >= 15 is 0 Å². The maximum Gasteiger partial charge on any atom is 0.144 e. The molecule has 0 saturated carbocycles. The number of ether oxygens (including phenoxy) is 2. The lowest BCUT2D eigenvalue weighted by Crippen LogP contribution is -2.21. The number of aliphatic hydroxyl groups is 3. The van der Waals surface area contributed by atoms with Crippen LogP contribution in [0.5, 0.6) is 5.75 Å². The van der Waals surface area contributed by atoms with Crippen molar-refractivity contribution in [3.63, 3.8) is 0 Å². The fraction of sp³-hybridized carbons (Fsp3) is 0.294. The van der Waals surface area contributed by atoms with Gasteiger partial charge in [0, 0.05) is 5.02 Å². The van der Waals surface area contributed by atoms with E-state index in [1.165, 1.54) is 0 Å². The average molecular weight is 341 g/mol. The molecule has 0 bridgehead atoms. The summed E-state index contributed by atoms with van der Waals surface area (Å²) in [5.74, 6) is 0.622. The van der Waals surface area contributed by atoms with Gasteiger partial charge in [0.1, 0.15) is 25.3 Å². The van der Waals surface area contributed by atoms with Crippen LogP contribution < -0.4 is 4.74 Å². The molecule has 2 aromatic carbocycles. The Morgan fingerprint density at radius 2 is 1.61 bits per heavy atom. The summed E-state index contributed by atoms with van der Waals surface area (Å²) in [6.45, 7) is 0.0535. The highest BCUT2D eigenvalue weighted by Crippen LogP contribution is 2.15. The summed E-state index contributed by atoms with van der Waals surface area (Å²) in [5, 5.41) is 26.4. The van der Waals surface area contributed by atoms with E-state index in [-0.39, 0.29) is 20.0 Å². The van der Waals surface area contributed by atoms with Crippen molar-refractivity contribution in [2.75, 3.05) is 20.0 Å².